The summed E-state index contributed by atoms with van der Waals surface area (Å²) in [5.41, 5.74) is 0.708. The number of aliphatic carboxylic acids is 1. The second kappa shape index (κ2) is 7.66. The van der Waals surface area contributed by atoms with E-state index in [9.17, 15) is 18.3 Å². The fourth-order valence-corrected chi connectivity index (χ4v) is 4.58. The molecule has 0 saturated heterocycles. The molecule has 0 saturated carbocycles. The number of hydrogen-bond donors (Lipinski definition) is 1. The lowest BCUT2D eigenvalue weighted by atomic mass is 10.0. The average Bonchev–Trinajstić information content (AvgIpc) is 2.72. The Morgan fingerprint density at radius 1 is 0.793 bits per heavy atom. The van der Waals surface area contributed by atoms with Gasteiger partial charge < -0.3 is 9.90 Å². The predicted molar refractivity (Wildman–Crippen MR) is 111 cm³/mol. The van der Waals surface area contributed by atoms with Gasteiger partial charge in [0.15, 0.2) is 0 Å². The number of hydrogen-bond acceptors (Lipinski definition) is 4. The van der Waals surface area contributed by atoms with Gasteiger partial charge in [0, 0.05) is 0 Å². The van der Waals surface area contributed by atoms with Crippen molar-refractivity contribution in [3.8, 4) is 0 Å². The van der Waals surface area contributed by atoms with Crippen molar-refractivity contribution in [3.05, 3.63) is 90.5 Å². The third-order valence-electron chi connectivity index (χ3n) is 4.87. The van der Waals surface area contributed by atoms with Crippen LogP contribution in [0.4, 0.5) is 0 Å². The number of carboxylic acids is 1. The van der Waals surface area contributed by atoms with E-state index in [2.05, 4.69) is 4.72 Å². The average molecular weight is 404 g/mol. The van der Waals surface area contributed by atoms with Crippen LogP contribution in [0.15, 0.2) is 89.8 Å². The van der Waals surface area contributed by atoms with Gasteiger partial charge in [-0.3, -0.25) is 0 Å². The second-order valence-corrected chi connectivity index (χ2v) is 8.60. The van der Waals surface area contributed by atoms with Crippen molar-refractivity contribution in [3.63, 3.8) is 0 Å². The molecule has 0 aromatic heterocycles. The highest BCUT2D eigenvalue weighted by Gasteiger charge is 2.22. The zero-order valence-electron chi connectivity index (χ0n) is 15.4. The van der Waals surface area contributed by atoms with Gasteiger partial charge >= 0.3 is 0 Å². The third-order valence-corrected chi connectivity index (χ3v) is 6.34. The van der Waals surface area contributed by atoms with E-state index in [4.69, 9.17) is 0 Å². The van der Waals surface area contributed by atoms with Crippen LogP contribution >= 0.6 is 0 Å². The molecule has 0 amide bonds. The summed E-state index contributed by atoms with van der Waals surface area (Å²) in [5, 5.41) is 15.3. The van der Waals surface area contributed by atoms with Gasteiger partial charge in [0.2, 0.25) is 10.0 Å². The molecular formula is C23H18NO4S-. The minimum Gasteiger partial charge on any atom is -0.548 e. The fourth-order valence-electron chi connectivity index (χ4n) is 3.36. The predicted octanol–water partition coefficient (Wildman–Crippen LogP) is 2.63. The van der Waals surface area contributed by atoms with Crippen molar-refractivity contribution in [2.24, 2.45) is 0 Å². The van der Waals surface area contributed by atoms with Crippen molar-refractivity contribution in [1.82, 2.24) is 4.72 Å². The molecule has 4 aromatic rings. The Kier molecular flexibility index (Phi) is 5.05. The van der Waals surface area contributed by atoms with Crippen LogP contribution in [-0.4, -0.2) is 20.4 Å². The summed E-state index contributed by atoms with van der Waals surface area (Å²) in [7, 11) is -4.03. The van der Waals surface area contributed by atoms with E-state index in [-0.39, 0.29) is 11.3 Å². The molecule has 0 aliphatic heterocycles. The van der Waals surface area contributed by atoms with Crippen molar-refractivity contribution in [1.29, 1.82) is 0 Å². The van der Waals surface area contributed by atoms with Crippen molar-refractivity contribution in [2.45, 2.75) is 17.4 Å². The topological polar surface area (TPSA) is 86.3 Å². The highest BCUT2D eigenvalue weighted by molar-refractivity contribution is 7.89. The van der Waals surface area contributed by atoms with E-state index in [0.717, 1.165) is 21.5 Å². The first-order valence-corrected chi connectivity index (χ1v) is 10.6. The molecule has 0 fully saturated rings. The Morgan fingerprint density at radius 3 is 1.97 bits per heavy atom. The maximum absolute atomic E-state index is 12.8. The van der Waals surface area contributed by atoms with Crippen molar-refractivity contribution >= 4 is 37.5 Å². The second-order valence-electron chi connectivity index (χ2n) is 6.89. The Bertz CT molecular complexity index is 1310. The van der Waals surface area contributed by atoms with Crippen LogP contribution in [-0.2, 0) is 21.2 Å². The lowest BCUT2D eigenvalue weighted by Crippen LogP contribution is -2.49. The van der Waals surface area contributed by atoms with E-state index in [1.54, 1.807) is 18.2 Å². The number of carbonyl (C=O) groups excluding carboxylic acids is 1. The molecule has 0 aliphatic rings. The SMILES string of the molecule is O=C([O-])[C@@H](Cc1ccc2ccccc2c1)NS(=O)(=O)c1ccc2ccccc2c1. The molecule has 29 heavy (non-hydrogen) atoms. The Morgan fingerprint density at radius 2 is 1.34 bits per heavy atom. The number of carboxylic acid groups (broad SMARTS) is 1. The van der Waals surface area contributed by atoms with Gasteiger partial charge in [-0.1, -0.05) is 72.8 Å². The van der Waals surface area contributed by atoms with E-state index in [1.807, 2.05) is 54.6 Å². The zero-order chi connectivity index (χ0) is 20.4. The van der Waals surface area contributed by atoms with Gasteiger partial charge in [-0.05, 0) is 45.7 Å². The van der Waals surface area contributed by atoms with Gasteiger partial charge in [0.25, 0.3) is 0 Å². The van der Waals surface area contributed by atoms with Crippen molar-refractivity contribution < 1.29 is 18.3 Å². The summed E-state index contributed by atoms with van der Waals surface area (Å²) < 4.78 is 27.9. The first-order valence-electron chi connectivity index (χ1n) is 9.12. The van der Waals surface area contributed by atoms with Crippen LogP contribution in [0.1, 0.15) is 5.56 Å². The van der Waals surface area contributed by atoms with E-state index < -0.39 is 22.0 Å². The number of sulfonamides is 1. The van der Waals surface area contributed by atoms with Gasteiger partial charge in [0.1, 0.15) is 0 Å². The maximum Gasteiger partial charge on any atom is 0.241 e. The molecule has 0 spiro atoms. The molecule has 6 heteroatoms. The molecule has 1 atom stereocenters. The minimum atomic E-state index is -4.03. The molecule has 0 radical (unpaired) electrons. The summed E-state index contributed by atoms with van der Waals surface area (Å²) in [6.45, 7) is 0. The Balaban J connectivity index is 1.61. The molecule has 5 nitrogen and oxygen atoms in total. The summed E-state index contributed by atoms with van der Waals surface area (Å²) in [6.07, 6.45) is -0.0139. The van der Waals surface area contributed by atoms with Gasteiger partial charge in [0.05, 0.1) is 16.9 Å². The van der Waals surface area contributed by atoms with Gasteiger partial charge in [-0.2, -0.15) is 0 Å². The summed E-state index contributed by atoms with van der Waals surface area (Å²) in [4.78, 5) is 11.7. The Hall–Kier alpha value is -3.22. The normalized spacial score (nSPS) is 12.8. The van der Waals surface area contributed by atoms with Crippen LogP contribution in [0.5, 0.6) is 0 Å². The molecular weight excluding hydrogens is 386 g/mol. The fraction of sp³-hybridized carbons (Fsp3) is 0.0870. The smallest absolute Gasteiger partial charge is 0.241 e. The largest absolute Gasteiger partial charge is 0.548 e. The van der Waals surface area contributed by atoms with Gasteiger partial charge in [-0.25, -0.2) is 13.1 Å². The van der Waals surface area contributed by atoms with Crippen LogP contribution in [0.3, 0.4) is 0 Å². The lowest BCUT2D eigenvalue weighted by molar-refractivity contribution is -0.307. The molecule has 0 bridgehead atoms. The first kappa shape index (κ1) is 19.1. The zero-order valence-corrected chi connectivity index (χ0v) is 16.2. The highest BCUT2D eigenvalue weighted by atomic mass is 32.2. The maximum atomic E-state index is 12.8. The Labute approximate surface area is 168 Å². The standard InChI is InChI=1S/C23H19NO4S/c25-23(26)22(14-16-9-10-17-5-1-3-7-19(17)13-16)24-29(27,28)21-12-11-18-6-2-4-8-20(18)15-21/h1-13,15,22,24H,14H2,(H,25,26)/p-1/t22-/m1/s1. The summed E-state index contributed by atoms with van der Waals surface area (Å²) in [6, 6.07) is 23.9. The lowest BCUT2D eigenvalue weighted by Gasteiger charge is -2.20. The molecule has 0 heterocycles. The summed E-state index contributed by atoms with van der Waals surface area (Å²) >= 11 is 0. The van der Waals surface area contributed by atoms with Crippen LogP contribution in [0.2, 0.25) is 0 Å². The van der Waals surface area contributed by atoms with Crippen LogP contribution in [0, 0.1) is 0 Å². The van der Waals surface area contributed by atoms with Crippen LogP contribution < -0.4 is 9.83 Å². The third kappa shape index (κ3) is 4.13. The minimum absolute atomic E-state index is 0.0139. The molecule has 0 unspecified atom stereocenters. The van der Waals surface area contributed by atoms with Crippen molar-refractivity contribution in [2.75, 3.05) is 0 Å². The molecule has 4 rings (SSSR count). The molecule has 4 aromatic carbocycles. The van der Waals surface area contributed by atoms with Gasteiger partial charge in [-0.15, -0.1) is 0 Å². The van der Waals surface area contributed by atoms with E-state index in [0.29, 0.717) is 5.56 Å². The van der Waals surface area contributed by atoms with E-state index >= 15 is 0 Å². The number of rotatable bonds is 6. The molecule has 0 aliphatic carbocycles. The quantitative estimate of drug-likeness (QED) is 0.535. The highest BCUT2D eigenvalue weighted by Crippen LogP contribution is 2.20. The number of nitrogens with one attached hydrogen (secondary N) is 1. The van der Waals surface area contributed by atoms with Crippen LogP contribution in [0.25, 0.3) is 21.5 Å². The summed E-state index contributed by atoms with van der Waals surface area (Å²) in [5.74, 6) is -1.47. The number of benzene rings is 4. The monoisotopic (exact) mass is 404 g/mol. The number of carbonyl (C=O) groups is 1. The first-order chi connectivity index (χ1) is 13.9. The number of fused-ring (bicyclic) bond motifs is 2. The molecule has 146 valence electrons. The van der Waals surface area contributed by atoms with E-state index in [1.165, 1.54) is 12.1 Å². The molecule has 1 N–H and O–H groups in total.